The van der Waals surface area contributed by atoms with Gasteiger partial charge in [-0.05, 0) is 39.7 Å². The number of carboxylic acids is 1. The van der Waals surface area contributed by atoms with E-state index in [2.05, 4.69) is 25.7 Å². The number of carboxylic acid groups (broad SMARTS) is 1. The summed E-state index contributed by atoms with van der Waals surface area (Å²) in [4.78, 5) is 13.2. The molecule has 0 bridgehead atoms. The Balaban J connectivity index is 2.70. The fourth-order valence-corrected chi connectivity index (χ4v) is 2.50. The first kappa shape index (κ1) is 11.5. The van der Waals surface area contributed by atoms with Crippen LogP contribution in [0.25, 0.3) is 0 Å². The molecule has 0 aromatic carbocycles. The van der Waals surface area contributed by atoms with Gasteiger partial charge in [0.05, 0.1) is 0 Å². The van der Waals surface area contributed by atoms with Crippen LogP contribution in [0.15, 0.2) is 0 Å². The van der Waals surface area contributed by atoms with Crippen LogP contribution in [-0.4, -0.2) is 34.1 Å². The van der Waals surface area contributed by atoms with E-state index in [0.29, 0.717) is 0 Å². The molecule has 0 radical (unpaired) electrons. The van der Waals surface area contributed by atoms with Crippen LogP contribution in [-0.2, 0) is 4.79 Å². The predicted molar refractivity (Wildman–Crippen MR) is 56.4 cm³/mol. The largest absolute Gasteiger partial charge is 0.480 e. The first-order valence-corrected chi connectivity index (χ1v) is 5.48. The van der Waals surface area contributed by atoms with Gasteiger partial charge in [0.2, 0.25) is 0 Å². The molecule has 1 fully saturated rings. The van der Waals surface area contributed by atoms with Gasteiger partial charge in [0, 0.05) is 5.54 Å². The Morgan fingerprint density at radius 1 is 1.57 bits per heavy atom. The summed E-state index contributed by atoms with van der Waals surface area (Å²) in [7, 11) is 0. The van der Waals surface area contributed by atoms with Crippen molar-refractivity contribution >= 4 is 5.97 Å². The molecule has 3 nitrogen and oxygen atoms in total. The first-order chi connectivity index (χ1) is 6.49. The van der Waals surface area contributed by atoms with Crippen molar-refractivity contribution in [3.8, 4) is 0 Å². The highest BCUT2D eigenvalue weighted by molar-refractivity contribution is 5.74. The number of likely N-dealkylation sites (tertiary alicyclic amines) is 1. The Morgan fingerprint density at radius 3 is 2.71 bits per heavy atom. The molecule has 0 spiro atoms. The first-order valence-electron chi connectivity index (χ1n) is 5.48. The molecule has 0 aromatic heterocycles. The molecule has 3 heteroatoms. The number of carbonyl (C=O) groups is 1. The molecule has 1 rings (SSSR count). The maximum Gasteiger partial charge on any atom is 0.320 e. The lowest BCUT2D eigenvalue weighted by atomic mass is 9.95. The highest BCUT2D eigenvalue weighted by Gasteiger charge is 2.38. The van der Waals surface area contributed by atoms with Crippen molar-refractivity contribution < 1.29 is 9.90 Å². The molecule has 0 unspecified atom stereocenters. The minimum Gasteiger partial charge on any atom is -0.480 e. The molecule has 1 aliphatic heterocycles. The second-order valence-electron chi connectivity index (χ2n) is 4.75. The van der Waals surface area contributed by atoms with Crippen LogP contribution in [0.4, 0.5) is 0 Å². The molecule has 1 heterocycles. The van der Waals surface area contributed by atoms with E-state index in [9.17, 15) is 4.79 Å². The number of aliphatic carboxylic acids is 1. The van der Waals surface area contributed by atoms with E-state index < -0.39 is 5.97 Å². The zero-order valence-electron chi connectivity index (χ0n) is 9.42. The van der Waals surface area contributed by atoms with E-state index >= 15 is 0 Å². The topological polar surface area (TPSA) is 40.5 Å². The number of hydrogen-bond donors (Lipinski definition) is 1. The molecule has 1 saturated heterocycles. The third-order valence-corrected chi connectivity index (χ3v) is 3.18. The van der Waals surface area contributed by atoms with Gasteiger partial charge in [-0.25, -0.2) is 0 Å². The quantitative estimate of drug-likeness (QED) is 0.754. The Morgan fingerprint density at radius 2 is 2.21 bits per heavy atom. The Hall–Kier alpha value is -0.570. The lowest BCUT2D eigenvalue weighted by molar-refractivity contribution is -0.144. The minimum atomic E-state index is -0.660. The molecular weight excluding hydrogens is 178 g/mol. The normalized spacial score (nSPS) is 24.1. The van der Waals surface area contributed by atoms with Gasteiger partial charge < -0.3 is 5.11 Å². The molecule has 0 saturated carbocycles. The average molecular weight is 199 g/mol. The summed E-state index contributed by atoms with van der Waals surface area (Å²) in [6.45, 7) is 7.38. The van der Waals surface area contributed by atoms with Crippen LogP contribution < -0.4 is 0 Å². The number of rotatable bonds is 4. The van der Waals surface area contributed by atoms with Crippen molar-refractivity contribution in [2.45, 2.75) is 58.0 Å². The Bertz CT molecular complexity index is 213. The number of nitrogens with zero attached hydrogens (tertiary/aromatic N) is 1. The van der Waals surface area contributed by atoms with Gasteiger partial charge in [0.1, 0.15) is 6.04 Å². The smallest absolute Gasteiger partial charge is 0.320 e. The average Bonchev–Trinajstić information content (AvgIpc) is 2.51. The van der Waals surface area contributed by atoms with Crippen molar-refractivity contribution in [1.29, 1.82) is 0 Å². The van der Waals surface area contributed by atoms with Crippen molar-refractivity contribution in [3.63, 3.8) is 0 Å². The maximum absolute atomic E-state index is 11.0. The lowest BCUT2D eigenvalue weighted by Crippen LogP contribution is -2.49. The molecule has 0 amide bonds. The van der Waals surface area contributed by atoms with E-state index in [1.807, 2.05) is 0 Å². The second-order valence-corrected chi connectivity index (χ2v) is 4.75. The van der Waals surface area contributed by atoms with E-state index in [4.69, 9.17) is 5.11 Å². The molecule has 1 aliphatic rings. The van der Waals surface area contributed by atoms with E-state index in [1.165, 1.54) is 0 Å². The van der Waals surface area contributed by atoms with Crippen LogP contribution in [0, 0.1) is 0 Å². The zero-order valence-corrected chi connectivity index (χ0v) is 9.42. The van der Waals surface area contributed by atoms with E-state index in [1.54, 1.807) is 0 Å². The van der Waals surface area contributed by atoms with Gasteiger partial charge in [-0.2, -0.15) is 0 Å². The second kappa shape index (κ2) is 4.30. The number of hydrogen-bond acceptors (Lipinski definition) is 2. The van der Waals surface area contributed by atoms with Crippen LogP contribution >= 0.6 is 0 Å². The van der Waals surface area contributed by atoms with Crippen molar-refractivity contribution in [3.05, 3.63) is 0 Å². The summed E-state index contributed by atoms with van der Waals surface area (Å²) >= 11 is 0. The SMILES string of the molecule is CCCC(C)(C)N1CCC[C@H]1C(=O)O. The van der Waals surface area contributed by atoms with Gasteiger partial charge in [-0.3, -0.25) is 9.69 Å². The molecule has 1 N–H and O–H groups in total. The molecule has 0 aromatic rings. The third kappa shape index (κ3) is 2.27. The maximum atomic E-state index is 11.0. The highest BCUT2D eigenvalue weighted by Crippen LogP contribution is 2.29. The standard InChI is InChI=1S/C11H21NO2/c1-4-7-11(2,3)12-8-5-6-9(12)10(13)14/h9H,4-8H2,1-3H3,(H,13,14)/t9-/m0/s1. The highest BCUT2D eigenvalue weighted by atomic mass is 16.4. The van der Waals surface area contributed by atoms with E-state index in [-0.39, 0.29) is 11.6 Å². The molecule has 14 heavy (non-hydrogen) atoms. The summed E-state index contributed by atoms with van der Waals surface area (Å²) in [6, 6.07) is -0.253. The van der Waals surface area contributed by atoms with Crippen LogP contribution in [0.2, 0.25) is 0 Å². The zero-order chi connectivity index (χ0) is 10.8. The van der Waals surface area contributed by atoms with Crippen LogP contribution in [0.1, 0.15) is 46.5 Å². The monoisotopic (exact) mass is 199 g/mol. The van der Waals surface area contributed by atoms with Crippen LogP contribution in [0.3, 0.4) is 0 Å². The predicted octanol–water partition coefficient (Wildman–Crippen LogP) is 2.11. The summed E-state index contributed by atoms with van der Waals surface area (Å²) in [6.07, 6.45) is 4.00. The third-order valence-electron chi connectivity index (χ3n) is 3.18. The minimum absolute atomic E-state index is 0.0360. The fourth-order valence-electron chi connectivity index (χ4n) is 2.50. The Kier molecular flexibility index (Phi) is 3.53. The summed E-state index contributed by atoms with van der Waals surface area (Å²) < 4.78 is 0. The summed E-state index contributed by atoms with van der Waals surface area (Å²) in [5.41, 5.74) is 0.0360. The van der Waals surface area contributed by atoms with Gasteiger partial charge >= 0.3 is 5.97 Å². The van der Waals surface area contributed by atoms with E-state index in [0.717, 1.165) is 32.2 Å². The molecular formula is C11H21NO2. The summed E-state index contributed by atoms with van der Waals surface area (Å²) in [5, 5.41) is 9.07. The molecule has 82 valence electrons. The summed E-state index contributed by atoms with van der Waals surface area (Å²) in [5.74, 6) is -0.660. The van der Waals surface area contributed by atoms with Gasteiger partial charge in [-0.1, -0.05) is 13.3 Å². The molecule has 1 atom stereocenters. The van der Waals surface area contributed by atoms with Gasteiger partial charge in [0.25, 0.3) is 0 Å². The van der Waals surface area contributed by atoms with Crippen molar-refractivity contribution in [2.75, 3.05) is 6.54 Å². The lowest BCUT2D eigenvalue weighted by Gasteiger charge is -2.38. The van der Waals surface area contributed by atoms with Crippen LogP contribution in [0.5, 0.6) is 0 Å². The van der Waals surface area contributed by atoms with Crippen molar-refractivity contribution in [2.24, 2.45) is 0 Å². The molecule has 0 aliphatic carbocycles. The van der Waals surface area contributed by atoms with Gasteiger partial charge in [0.15, 0.2) is 0 Å². The van der Waals surface area contributed by atoms with Gasteiger partial charge in [-0.15, -0.1) is 0 Å². The van der Waals surface area contributed by atoms with Crippen molar-refractivity contribution in [1.82, 2.24) is 4.90 Å². The fraction of sp³-hybridized carbons (Fsp3) is 0.909. The Labute approximate surface area is 86.1 Å².